The van der Waals surface area contributed by atoms with E-state index in [1.54, 1.807) is 13.3 Å². The molecule has 0 bridgehead atoms. The molecule has 1 aliphatic rings. The lowest BCUT2D eigenvalue weighted by Crippen LogP contribution is -2.44. The molecular weight excluding hydrogens is 270 g/mol. The van der Waals surface area contributed by atoms with E-state index in [0.29, 0.717) is 23.8 Å². The fourth-order valence-corrected chi connectivity index (χ4v) is 2.37. The SMILES string of the molecule is COc1cccnc1C(NN)C1COc2ccccc2O1. The first-order valence-electron chi connectivity index (χ1n) is 6.67. The van der Waals surface area contributed by atoms with Crippen molar-refractivity contribution < 1.29 is 14.2 Å². The normalized spacial score (nSPS) is 18.1. The van der Waals surface area contributed by atoms with Gasteiger partial charge in [0.25, 0.3) is 0 Å². The summed E-state index contributed by atoms with van der Waals surface area (Å²) in [4.78, 5) is 4.35. The molecule has 21 heavy (non-hydrogen) atoms. The first-order chi connectivity index (χ1) is 10.3. The maximum Gasteiger partial charge on any atom is 0.161 e. The summed E-state index contributed by atoms with van der Waals surface area (Å²) in [6, 6.07) is 10.9. The number of nitrogens with one attached hydrogen (secondary N) is 1. The van der Waals surface area contributed by atoms with Gasteiger partial charge in [0.05, 0.1) is 7.11 Å². The lowest BCUT2D eigenvalue weighted by atomic mass is 10.1. The minimum Gasteiger partial charge on any atom is -0.495 e. The van der Waals surface area contributed by atoms with Crippen molar-refractivity contribution in [2.45, 2.75) is 12.1 Å². The van der Waals surface area contributed by atoms with Crippen LogP contribution in [0.5, 0.6) is 17.2 Å². The van der Waals surface area contributed by atoms with E-state index in [9.17, 15) is 0 Å². The molecule has 0 radical (unpaired) electrons. The van der Waals surface area contributed by atoms with Crippen molar-refractivity contribution in [2.75, 3.05) is 13.7 Å². The number of hydrazine groups is 1. The van der Waals surface area contributed by atoms with Gasteiger partial charge in [-0.25, -0.2) is 5.43 Å². The van der Waals surface area contributed by atoms with Crippen molar-refractivity contribution >= 4 is 0 Å². The maximum absolute atomic E-state index is 5.98. The second-order valence-electron chi connectivity index (χ2n) is 4.65. The molecular formula is C15H17N3O3. The van der Waals surface area contributed by atoms with Crippen LogP contribution < -0.4 is 25.5 Å². The van der Waals surface area contributed by atoms with Gasteiger partial charge >= 0.3 is 0 Å². The van der Waals surface area contributed by atoms with Crippen molar-refractivity contribution in [3.05, 3.63) is 48.3 Å². The van der Waals surface area contributed by atoms with Crippen molar-refractivity contribution in [3.63, 3.8) is 0 Å². The molecule has 6 nitrogen and oxygen atoms in total. The fraction of sp³-hybridized carbons (Fsp3) is 0.267. The van der Waals surface area contributed by atoms with Crippen molar-refractivity contribution in [1.29, 1.82) is 0 Å². The average Bonchev–Trinajstić information content (AvgIpc) is 2.56. The first-order valence-corrected chi connectivity index (χ1v) is 6.67. The van der Waals surface area contributed by atoms with Gasteiger partial charge in [0.1, 0.15) is 24.1 Å². The van der Waals surface area contributed by atoms with Crippen LogP contribution in [0.4, 0.5) is 0 Å². The van der Waals surface area contributed by atoms with Gasteiger partial charge in [-0.2, -0.15) is 0 Å². The van der Waals surface area contributed by atoms with Gasteiger partial charge in [0.15, 0.2) is 17.6 Å². The van der Waals surface area contributed by atoms with Gasteiger partial charge < -0.3 is 14.2 Å². The number of nitrogens with zero attached hydrogens (tertiary/aromatic N) is 1. The topological polar surface area (TPSA) is 78.6 Å². The van der Waals surface area contributed by atoms with Gasteiger partial charge in [-0.15, -0.1) is 0 Å². The zero-order chi connectivity index (χ0) is 14.7. The van der Waals surface area contributed by atoms with Crippen molar-refractivity contribution in [1.82, 2.24) is 10.4 Å². The number of para-hydroxylation sites is 2. The third-order valence-corrected chi connectivity index (χ3v) is 3.40. The predicted octanol–water partition coefficient (Wildman–Crippen LogP) is 1.43. The lowest BCUT2D eigenvalue weighted by Gasteiger charge is -2.31. The van der Waals surface area contributed by atoms with E-state index in [-0.39, 0.29) is 12.1 Å². The number of nitrogens with two attached hydrogens (primary N) is 1. The Bertz CT molecular complexity index is 621. The van der Waals surface area contributed by atoms with Gasteiger partial charge in [0, 0.05) is 6.20 Å². The molecule has 0 spiro atoms. The minimum atomic E-state index is -0.338. The summed E-state index contributed by atoms with van der Waals surface area (Å²) in [5.74, 6) is 7.79. The molecule has 6 heteroatoms. The number of aromatic nitrogens is 1. The van der Waals surface area contributed by atoms with Gasteiger partial charge in [-0.1, -0.05) is 12.1 Å². The van der Waals surface area contributed by atoms with Crippen molar-refractivity contribution in [3.8, 4) is 17.2 Å². The number of fused-ring (bicyclic) bond motifs is 1. The molecule has 1 aromatic heterocycles. The van der Waals surface area contributed by atoms with E-state index in [2.05, 4.69) is 10.4 Å². The van der Waals surface area contributed by atoms with E-state index in [1.807, 2.05) is 36.4 Å². The Kier molecular flexibility index (Phi) is 3.89. The molecule has 2 aromatic rings. The van der Waals surface area contributed by atoms with Crippen LogP contribution in [0.1, 0.15) is 11.7 Å². The van der Waals surface area contributed by atoms with E-state index in [1.165, 1.54) is 0 Å². The second kappa shape index (κ2) is 5.99. The molecule has 3 rings (SSSR count). The molecule has 1 aliphatic heterocycles. The number of hydrogen-bond donors (Lipinski definition) is 2. The Labute approximate surface area is 122 Å². The van der Waals surface area contributed by atoms with E-state index < -0.39 is 0 Å². The largest absolute Gasteiger partial charge is 0.495 e. The highest BCUT2D eigenvalue weighted by molar-refractivity contribution is 5.41. The van der Waals surface area contributed by atoms with E-state index >= 15 is 0 Å². The Balaban J connectivity index is 1.88. The third kappa shape index (κ3) is 2.63. The Morgan fingerprint density at radius 2 is 2.10 bits per heavy atom. The van der Waals surface area contributed by atoms with Crippen LogP contribution in [0.15, 0.2) is 42.6 Å². The zero-order valence-corrected chi connectivity index (χ0v) is 11.7. The lowest BCUT2D eigenvalue weighted by molar-refractivity contribution is 0.0598. The van der Waals surface area contributed by atoms with Crippen LogP contribution in [0.25, 0.3) is 0 Å². The Morgan fingerprint density at radius 1 is 1.29 bits per heavy atom. The van der Waals surface area contributed by atoms with E-state index in [4.69, 9.17) is 20.1 Å². The molecule has 2 unspecified atom stereocenters. The first kappa shape index (κ1) is 13.7. The summed E-state index contributed by atoms with van der Waals surface area (Å²) in [6.07, 6.45) is 1.40. The van der Waals surface area contributed by atoms with Crippen LogP contribution in [0.2, 0.25) is 0 Å². The van der Waals surface area contributed by atoms with Crippen LogP contribution in [-0.2, 0) is 0 Å². The zero-order valence-electron chi connectivity index (χ0n) is 11.7. The quantitative estimate of drug-likeness (QED) is 0.654. The predicted molar refractivity (Wildman–Crippen MR) is 77.2 cm³/mol. The summed E-state index contributed by atoms with van der Waals surface area (Å²) < 4.78 is 17.0. The smallest absolute Gasteiger partial charge is 0.161 e. The summed E-state index contributed by atoms with van der Waals surface area (Å²) >= 11 is 0. The number of hydrogen-bond acceptors (Lipinski definition) is 6. The van der Waals surface area contributed by atoms with Crippen molar-refractivity contribution in [2.24, 2.45) is 5.84 Å². The maximum atomic E-state index is 5.98. The minimum absolute atomic E-state index is 0.298. The van der Waals surface area contributed by atoms with Gasteiger partial charge in [-0.3, -0.25) is 10.8 Å². The molecule has 3 N–H and O–H groups in total. The monoisotopic (exact) mass is 287 g/mol. The molecule has 0 amide bonds. The molecule has 0 fully saturated rings. The molecule has 0 saturated heterocycles. The van der Waals surface area contributed by atoms with Gasteiger partial charge in [-0.05, 0) is 24.3 Å². The fourth-order valence-electron chi connectivity index (χ4n) is 2.37. The number of ether oxygens (including phenoxy) is 3. The van der Waals surface area contributed by atoms with Gasteiger partial charge in [0.2, 0.25) is 0 Å². The van der Waals surface area contributed by atoms with E-state index in [0.717, 1.165) is 5.75 Å². The van der Waals surface area contributed by atoms with Crippen LogP contribution in [-0.4, -0.2) is 24.8 Å². The number of methoxy groups -OCH3 is 1. The number of pyridine rings is 1. The van der Waals surface area contributed by atoms with Crippen LogP contribution >= 0.6 is 0 Å². The summed E-state index contributed by atoms with van der Waals surface area (Å²) in [6.45, 7) is 0.381. The number of rotatable bonds is 4. The molecule has 2 heterocycles. The average molecular weight is 287 g/mol. The Morgan fingerprint density at radius 3 is 2.86 bits per heavy atom. The Hall–Kier alpha value is -2.31. The number of benzene rings is 1. The highest BCUT2D eigenvalue weighted by Gasteiger charge is 2.32. The molecule has 110 valence electrons. The molecule has 0 aliphatic carbocycles. The highest BCUT2D eigenvalue weighted by Crippen LogP contribution is 2.35. The standard InChI is InChI=1S/C15H17N3O3/c1-19-12-7-4-8-17-14(12)15(18-16)13-9-20-10-5-2-3-6-11(10)21-13/h2-8,13,15,18H,9,16H2,1H3. The summed E-state index contributed by atoms with van der Waals surface area (Å²) in [5, 5.41) is 0. The molecule has 0 saturated carbocycles. The highest BCUT2D eigenvalue weighted by atomic mass is 16.6. The van der Waals surface area contributed by atoms with Crippen LogP contribution in [0.3, 0.4) is 0 Å². The summed E-state index contributed by atoms with van der Waals surface area (Å²) in [5.41, 5.74) is 3.44. The second-order valence-corrected chi connectivity index (χ2v) is 4.65. The third-order valence-electron chi connectivity index (χ3n) is 3.40. The van der Waals surface area contributed by atoms with Crippen LogP contribution in [0, 0.1) is 0 Å². The molecule has 1 aromatic carbocycles. The summed E-state index contributed by atoms with van der Waals surface area (Å²) in [7, 11) is 1.60. The molecule has 2 atom stereocenters.